The van der Waals surface area contributed by atoms with Crippen LogP contribution in [0, 0.1) is 0 Å². The summed E-state index contributed by atoms with van der Waals surface area (Å²) in [6.45, 7) is 5.55. The molecule has 1 N–H and O–H groups in total. The lowest BCUT2D eigenvalue weighted by Gasteiger charge is -2.41. The Labute approximate surface area is 120 Å². The van der Waals surface area contributed by atoms with Crippen molar-refractivity contribution in [2.75, 3.05) is 0 Å². The maximum absolute atomic E-state index is 14.7. The molecule has 0 spiro atoms. The van der Waals surface area contributed by atoms with E-state index in [1.165, 1.54) is 0 Å². The number of hydrogen-bond acceptors (Lipinski definition) is 3. The molecule has 1 unspecified atom stereocenters. The number of carbonyl (C=O) groups is 1. The van der Waals surface area contributed by atoms with E-state index in [2.05, 4.69) is 5.32 Å². The van der Waals surface area contributed by atoms with Gasteiger partial charge in [-0.05, 0) is 52.9 Å². The minimum absolute atomic E-state index is 0.0845. The zero-order valence-corrected chi connectivity index (χ0v) is 12.6. The summed E-state index contributed by atoms with van der Waals surface area (Å²) in [7, 11) is 0. The summed E-state index contributed by atoms with van der Waals surface area (Å²) in [6, 6.07) is 0.252. The van der Waals surface area contributed by atoms with E-state index in [0.717, 1.165) is 25.7 Å². The summed E-state index contributed by atoms with van der Waals surface area (Å²) in [4.78, 5) is 13.9. The highest BCUT2D eigenvalue weighted by molar-refractivity contribution is 5.70. The van der Waals surface area contributed by atoms with E-state index in [1.807, 2.05) is 20.8 Å². The molecule has 1 amide bonds. The predicted molar refractivity (Wildman–Crippen MR) is 74.3 cm³/mol. The lowest BCUT2D eigenvalue weighted by molar-refractivity contribution is -0.0135. The number of fused-ring (bicyclic) bond motifs is 2. The molecule has 3 rings (SSSR count). The van der Waals surface area contributed by atoms with Gasteiger partial charge in [0.2, 0.25) is 0 Å². The van der Waals surface area contributed by atoms with Crippen LogP contribution in [-0.2, 0) is 4.74 Å². The van der Waals surface area contributed by atoms with E-state index in [1.54, 1.807) is 4.90 Å². The number of amides is 1. The fraction of sp³-hybridized carbons (Fsp3) is 0.933. The third kappa shape index (κ3) is 2.78. The molecule has 5 heteroatoms. The smallest absolute Gasteiger partial charge is 0.410 e. The molecule has 4 nitrogen and oxygen atoms in total. The molecule has 4 atom stereocenters. The van der Waals surface area contributed by atoms with Gasteiger partial charge in [-0.15, -0.1) is 0 Å². The molecule has 3 aliphatic rings. The highest BCUT2D eigenvalue weighted by atomic mass is 19.1. The van der Waals surface area contributed by atoms with E-state index < -0.39 is 11.8 Å². The van der Waals surface area contributed by atoms with Gasteiger partial charge in [0.15, 0.2) is 0 Å². The number of ether oxygens (including phenoxy) is 1. The van der Waals surface area contributed by atoms with Crippen molar-refractivity contribution in [1.29, 1.82) is 0 Å². The summed E-state index contributed by atoms with van der Waals surface area (Å²) in [5.41, 5.74) is -0.522. The Balaban J connectivity index is 1.67. The van der Waals surface area contributed by atoms with Gasteiger partial charge in [-0.2, -0.15) is 0 Å². The Hall–Kier alpha value is -0.840. The van der Waals surface area contributed by atoms with Crippen molar-refractivity contribution in [1.82, 2.24) is 10.2 Å². The fourth-order valence-electron chi connectivity index (χ4n) is 3.46. The first kappa shape index (κ1) is 14.1. The number of piperidine rings is 1. The van der Waals surface area contributed by atoms with Gasteiger partial charge in [0.05, 0.1) is 6.04 Å². The fourth-order valence-corrected chi connectivity index (χ4v) is 3.46. The molecule has 20 heavy (non-hydrogen) atoms. The van der Waals surface area contributed by atoms with Crippen LogP contribution in [-0.4, -0.2) is 46.9 Å². The van der Waals surface area contributed by atoms with Gasteiger partial charge in [0.25, 0.3) is 0 Å². The first-order valence-corrected chi connectivity index (χ1v) is 7.76. The van der Waals surface area contributed by atoms with E-state index >= 15 is 0 Å². The molecule has 0 aromatic heterocycles. The molecule has 114 valence electrons. The van der Waals surface area contributed by atoms with Gasteiger partial charge in [-0.25, -0.2) is 9.18 Å². The van der Waals surface area contributed by atoms with Crippen molar-refractivity contribution in [3.63, 3.8) is 0 Å². The number of halogens is 1. The van der Waals surface area contributed by atoms with Crippen molar-refractivity contribution in [2.45, 2.75) is 88.8 Å². The third-order valence-electron chi connectivity index (χ3n) is 4.46. The average molecular weight is 284 g/mol. The Bertz CT molecular complexity index is 392. The Kier molecular flexibility index (Phi) is 3.43. The number of hydrogen-bond donors (Lipinski definition) is 1. The summed E-state index contributed by atoms with van der Waals surface area (Å²) in [6.07, 6.45) is 3.37. The van der Waals surface area contributed by atoms with Crippen molar-refractivity contribution in [3.05, 3.63) is 0 Å². The van der Waals surface area contributed by atoms with Gasteiger partial charge in [-0.1, -0.05) is 0 Å². The van der Waals surface area contributed by atoms with Crippen LogP contribution in [0.15, 0.2) is 0 Å². The zero-order valence-electron chi connectivity index (χ0n) is 12.6. The minimum Gasteiger partial charge on any atom is -0.444 e. The summed E-state index contributed by atoms with van der Waals surface area (Å²) in [5.74, 6) is 0. The Morgan fingerprint density at radius 1 is 1.25 bits per heavy atom. The van der Waals surface area contributed by atoms with E-state index in [-0.39, 0.29) is 24.2 Å². The van der Waals surface area contributed by atoms with Gasteiger partial charge in [0, 0.05) is 18.1 Å². The number of alkyl halides is 1. The Morgan fingerprint density at radius 3 is 2.55 bits per heavy atom. The number of nitrogens with one attached hydrogen (secondary N) is 1. The lowest BCUT2D eigenvalue weighted by Crippen LogP contribution is -2.59. The van der Waals surface area contributed by atoms with Crippen molar-refractivity contribution >= 4 is 6.09 Å². The van der Waals surface area contributed by atoms with E-state index in [4.69, 9.17) is 4.74 Å². The van der Waals surface area contributed by atoms with Gasteiger partial charge in [0.1, 0.15) is 11.8 Å². The summed E-state index contributed by atoms with van der Waals surface area (Å²) in [5, 5.41) is 3.40. The second kappa shape index (κ2) is 4.86. The normalized spacial score (nSPS) is 37.1. The molecule has 2 aliphatic heterocycles. The molecule has 1 saturated carbocycles. The standard InChI is InChI=1S/C15H25FN2O2/c1-15(2,3)20-14(19)18-10-6-7-12(18)13(16)11(8-10)17-9-4-5-9/h9-13,17H,4-8H2,1-3H3/t10-,11-,12?,13-/m0/s1. The molecule has 2 heterocycles. The second-order valence-electron chi connectivity index (χ2n) is 7.41. The third-order valence-corrected chi connectivity index (χ3v) is 4.46. The highest BCUT2D eigenvalue weighted by Crippen LogP contribution is 2.39. The minimum atomic E-state index is -0.970. The maximum atomic E-state index is 14.7. The first-order valence-electron chi connectivity index (χ1n) is 7.76. The van der Waals surface area contributed by atoms with Gasteiger partial charge in [-0.3, -0.25) is 4.90 Å². The maximum Gasteiger partial charge on any atom is 0.410 e. The molecule has 0 radical (unpaired) electrons. The van der Waals surface area contributed by atoms with Crippen LogP contribution in [0.4, 0.5) is 9.18 Å². The SMILES string of the molecule is CC(C)(C)OC(=O)N1C2CC[C@H]1C[C@H](NC1CC1)[C@@H]2F. The van der Waals surface area contributed by atoms with Crippen LogP contribution in [0.1, 0.15) is 52.9 Å². The monoisotopic (exact) mass is 284 g/mol. The zero-order chi connectivity index (χ0) is 14.5. The summed E-state index contributed by atoms with van der Waals surface area (Å²) >= 11 is 0. The van der Waals surface area contributed by atoms with Gasteiger partial charge < -0.3 is 10.1 Å². The van der Waals surface area contributed by atoms with Crippen LogP contribution in [0.2, 0.25) is 0 Å². The molecular formula is C15H25FN2O2. The van der Waals surface area contributed by atoms with Crippen LogP contribution in [0.25, 0.3) is 0 Å². The Morgan fingerprint density at radius 2 is 1.95 bits per heavy atom. The van der Waals surface area contributed by atoms with Crippen LogP contribution in [0.5, 0.6) is 0 Å². The molecule has 2 bridgehead atoms. The van der Waals surface area contributed by atoms with Crippen LogP contribution >= 0.6 is 0 Å². The second-order valence-corrected chi connectivity index (χ2v) is 7.41. The predicted octanol–water partition coefficient (Wildman–Crippen LogP) is 2.62. The lowest BCUT2D eigenvalue weighted by atomic mass is 9.95. The highest BCUT2D eigenvalue weighted by Gasteiger charge is 2.51. The molecule has 2 saturated heterocycles. The number of carbonyl (C=O) groups excluding carboxylic acids is 1. The van der Waals surface area contributed by atoms with Crippen LogP contribution in [0.3, 0.4) is 0 Å². The molecule has 1 aliphatic carbocycles. The topological polar surface area (TPSA) is 41.6 Å². The van der Waals surface area contributed by atoms with E-state index in [9.17, 15) is 9.18 Å². The average Bonchev–Trinajstić information content (AvgIpc) is 3.04. The molecule has 0 aromatic rings. The first-order chi connectivity index (χ1) is 9.35. The van der Waals surface area contributed by atoms with Crippen molar-refractivity contribution in [3.8, 4) is 0 Å². The van der Waals surface area contributed by atoms with Gasteiger partial charge >= 0.3 is 6.09 Å². The van der Waals surface area contributed by atoms with Crippen LogP contribution < -0.4 is 5.32 Å². The van der Waals surface area contributed by atoms with E-state index in [0.29, 0.717) is 12.5 Å². The van der Waals surface area contributed by atoms with Crippen molar-refractivity contribution in [2.24, 2.45) is 0 Å². The summed E-state index contributed by atoms with van der Waals surface area (Å²) < 4.78 is 20.1. The quantitative estimate of drug-likeness (QED) is 0.847. The largest absolute Gasteiger partial charge is 0.444 e. The molecule has 0 aromatic carbocycles. The number of nitrogens with zero attached hydrogens (tertiary/aromatic N) is 1. The molecule has 3 fully saturated rings. The van der Waals surface area contributed by atoms with Crippen molar-refractivity contribution < 1.29 is 13.9 Å². The molecular weight excluding hydrogens is 259 g/mol. The number of rotatable bonds is 2.